The molecule has 0 aliphatic rings. The topological polar surface area (TPSA) is 35.5 Å². The van der Waals surface area contributed by atoms with Crippen molar-refractivity contribution in [2.75, 3.05) is 19.8 Å². The highest BCUT2D eigenvalue weighted by Crippen LogP contribution is 2.06. The molecule has 0 saturated heterocycles. The van der Waals surface area contributed by atoms with Crippen molar-refractivity contribution in [3.05, 3.63) is 35.9 Å². The smallest absolute Gasteiger partial charge is 0.332 e. The van der Waals surface area contributed by atoms with Crippen LogP contribution in [0.25, 0.3) is 0 Å². The molecule has 0 spiro atoms. The second-order valence-corrected chi connectivity index (χ2v) is 4.15. The summed E-state index contributed by atoms with van der Waals surface area (Å²) in [4.78, 5) is 11.0. The van der Waals surface area contributed by atoms with Crippen LogP contribution >= 0.6 is 0 Å². The maximum atomic E-state index is 11.0. The van der Waals surface area contributed by atoms with Gasteiger partial charge in [-0.3, -0.25) is 0 Å². The van der Waals surface area contributed by atoms with Gasteiger partial charge in [0, 0.05) is 6.61 Å². The predicted molar refractivity (Wildman–Crippen MR) is 71.4 cm³/mol. The average molecular weight is 250 g/mol. The number of hydrogen-bond acceptors (Lipinski definition) is 3. The normalized spacial score (nSPS) is 10.3. The highest BCUT2D eigenvalue weighted by atomic mass is 16.6. The third-order valence-electron chi connectivity index (χ3n) is 2.62. The first-order valence-corrected chi connectivity index (χ1v) is 6.60. The lowest BCUT2D eigenvalue weighted by Gasteiger charge is -2.04. The molecule has 0 aliphatic heterocycles. The summed E-state index contributed by atoms with van der Waals surface area (Å²) in [5.74, 6) is -0.276. The number of ether oxygens (including phenoxy) is 2. The van der Waals surface area contributed by atoms with Gasteiger partial charge < -0.3 is 9.47 Å². The quantitative estimate of drug-likeness (QED) is 0.499. The van der Waals surface area contributed by atoms with Crippen LogP contribution in [0.4, 0.5) is 0 Å². The fraction of sp³-hybridized carbons (Fsp3) is 0.533. The van der Waals surface area contributed by atoms with E-state index in [1.54, 1.807) is 6.92 Å². The van der Waals surface area contributed by atoms with Crippen LogP contribution in [0.1, 0.15) is 31.7 Å². The first-order valence-electron chi connectivity index (χ1n) is 6.60. The van der Waals surface area contributed by atoms with E-state index in [2.05, 4.69) is 24.3 Å². The minimum absolute atomic E-state index is 0.0759. The number of carbonyl (C=O) groups excluding carboxylic acids is 1. The molecular weight excluding hydrogens is 228 g/mol. The van der Waals surface area contributed by atoms with E-state index in [1.165, 1.54) is 5.56 Å². The number of unbranched alkanes of at least 4 members (excludes halogenated alkanes) is 2. The van der Waals surface area contributed by atoms with Gasteiger partial charge in [0.1, 0.15) is 6.61 Å². The molecule has 1 aromatic rings. The van der Waals surface area contributed by atoms with Crippen LogP contribution < -0.4 is 0 Å². The fourth-order valence-electron chi connectivity index (χ4n) is 1.71. The lowest BCUT2D eigenvalue weighted by molar-refractivity contribution is -0.148. The summed E-state index contributed by atoms with van der Waals surface area (Å²) in [6, 6.07) is 10.5. The Morgan fingerprint density at radius 3 is 2.61 bits per heavy atom. The Kier molecular flexibility index (Phi) is 7.89. The van der Waals surface area contributed by atoms with Gasteiger partial charge in [0.2, 0.25) is 0 Å². The van der Waals surface area contributed by atoms with E-state index < -0.39 is 0 Å². The van der Waals surface area contributed by atoms with Crippen LogP contribution in [-0.2, 0) is 20.7 Å². The second-order valence-electron chi connectivity index (χ2n) is 4.15. The maximum Gasteiger partial charge on any atom is 0.332 e. The lowest BCUT2D eigenvalue weighted by Crippen LogP contribution is -2.12. The molecule has 1 aromatic carbocycles. The molecule has 3 nitrogen and oxygen atoms in total. The van der Waals surface area contributed by atoms with Crippen molar-refractivity contribution < 1.29 is 14.3 Å². The van der Waals surface area contributed by atoms with Gasteiger partial charge in [-0.25, -0.2) is 4.79 Å². The zero-order valence-corrected chi connectivity index (χ0v) is 11.1. The van der Waals surface area contributed by atoms with Gasteiger partial charge in [0.15, 0.2) is 0 Å². The highest BCUT2D eigenvalue weighted by Gasteiger charge is 2.00. The van der Waals surface area contributed by atoms with Gasteiger partial charge in [-0.05, 0) is 31.7 Å². The SMILES string of the molecule is CCOC(=O)COCCCCCc1ccccc1. The third kappa shape index (κ3) is 7.07. The van der Waals surface area contributed by atoms with Crippen molar-refractivity contribution >= 4 is 5.97 Å². The molecule has 0 N–H and O–H groups in total. The molecule has 0 aliphatic carbocycles. The molecule has 0 atom stereocenters. The van der Waals surface area contributed by atoms with Gasteiger partial charge in [0.25, 0.3) is 0 Å². The Hall–Kier alpha value is -1.35. The van der Waals surface area contributed by atoms with Crippen LogP contribution in [-0.4, -0.2) is 25.8 Å². The Bertz CT molecular complexity index is 322. The van der Waals surface area contributed by atoms with Crippen molar-refractivity contribution in [1.29, 1.82) is 0 Å². The van der Waals surface area contributed by atoms with Crippen molar-refractivity contribution in [2.24, 2.45) is 0 Å². The minimum Gasteiger partial charge on any atom is -0.464 e. The maximum absolute atomic E-state index is 11.0. The van der Waals surface area contributed by atoms with E-state index in [-0.39, 0.29) is 12.6 Å². The summed E-state index contributed by atoms with van der Waals surface area (Å²) in [7, 11) is 0. The number of aryl methyl sites for hydroxylation is 1. The van der Waals surface area contributed by atoms with Crippen LogP contribution in [0.3, 0.4) is 0 Å². The molecule has 1 rings (SSSR count). The Morgan fingerprint density at radius 1 is 1.11 bits per heavy atom. The van der Waals surface area contributed by atoms with Crippen LogP contribution in [0.15, 0.2) is 30.3 Å². The standard InChI is InChI=1S/C15H22O3/c1-2-18-15(16)13-17-12-8-4-7-11-14-9-5-3-6-10-14/h3,5-6,9-10H,2,4,7-8,11-13H2,1H3. The van der Waals surface area contributed by atoms with E-state index in [4.69, 9.17) is 9.47 Å². The summed E-state index contributed by atoms with van der Waals surface area (Å²) in [5.41, 5.74) is 1.38. The molecule has 18 heavy (non-hydrogen) atoms. The Morgan fingerprint density at radius 2 is 1.89 bits per heavy atom. The van der Waals surface area contributed by atoms with E-state index in [1.807, 2.05) is 6.07 Å². The molecule has 100 valence electrons. The van der Waals surface area contributed by atoms with Crippen molar-refractivity contribution in [3.8, 4) is 0 Å². The molecular formula is C15H22O3. The summed E-state index contributed by atoms with van der Waals surface area (Å²) >= 11 is 0. The summed E-state index contributed by atoms with van der Waals surface area (Å²) in [6.45, 7) is 2.92. The van der Waals surface area contributed by atoms with Crippen molar-refractivity contribution in [3.63, 3.8) is 0 Å². The van der Waals surface area contributed by atoms with Crippen LogP contribution in [0.2, 0.25) is 0 Å². The lowest BCUT2D eigenvalue weighted by atomic mass is 10.1. The predicted octanol–water partition coefficient (Wildman–Crippen LogP) is 2.98. The Balaban J connectivity index is 1.92. The zero-order chi connectivity index (χ0) is 13.1. The first-order chi connectivity index (χ1) is 8.83. The summed E-state index contributed by atoms with van der Waals surface area (Å²) in [5, 5.41) is 0. The molecule has 0 bridgehead atoms. The van der Waals surface area contributed by atoms with Crippen molar-refractivity contribution in [1.82, 2.24) is 0 Å². The zero-order valence-electron chi connectivity index (χ0n) is 11.1. The molecule has 0 fully saturated rings. The average Bonchev–Trinajstić information content (AvgIpc) is 2.39. The largest absolute Gasteiger partial charge is 0.464 e. The van der Waals surface area contributed by atoms with E-state index >= 15 is 0 Å². The van der Waals surface area contributed by atoms with Gasteiger partial charge in [-0.2, -0.15) is 0 Å². The fourth-order valence-corrected chi connectivity index (χ4v) is 1.71. The second kappa shape index (κ2) is 9.66. The number of carbonyl (C=O) groups is 1. The van der Waals surface area contributed by atoms with Crippen molar-refractivity contribution in [2.45, 2.75) is 32.6 Å². The monoisotopic (exact) mass is 250 g/mol. The molecule has 0 heterocycles. The van der Waals surface area contributed by atoms with E-state index in [0.717, 1.165) is 25.7 Å². The first kappa shape index (κ1) is 14.7. The number of rotatable bonds is 9. The van der Waals surface area contributed by atoms with Crippen LogP contribution in [0.5, 0.6) is 0 Å². The van der Waals surface area contributed by atoms with Gasteiger partial charge in [-0.1, -0.05) is 36.8 Å². The third-order valence-corrected chi connectivity index (χ3v) is 2.62. The number of benzene rings is 1. The number of esters is 1. The Labute approximate surface area is 109 Å². The molecule has 0 amide bonds. The van der Waals surface area contributed by atoms with Gasteiger partial charge in [-0.15, -0.1) is 0 Å². The molecule has 3 heteroatoms. The molecule has 0 aromatic heterocycles. The van der Waals surface area contributed by atoms with Crippen LogP contribution in [0, 0.1) is 0 Å². The van der Waals surface area contributed by atoms with Gasteiger partial charge >= 0.3 is 5.97 Å². The number of hydrogen-bond donors (Lipinski definition) is 0. The van der Waals surface area contributed by atoms with Gasteiger partial charge in [0.05, 0.1) is 6.61 Å². The molecule has 0 radical (unpaired) electrons. The van der Waals surface area contributed by atoms with E-state index in [0.29, 0.717) is 13.2 Å². The summed E-state index contributed by atoms with van der Waals surface area (Å²) in [6.07, 6.45) is 4.38. The molecule has 0 saturated carbocycles. The highest BCUT2D eigenvalue weighted by molar-refractivity contribution is 5.70. The summed E-state index contributed by atoms with van der Waals surface area (Å²) < 4.78 is 9.99. The minimum atomic E-state index is -0.276. The molecule has 0 unspecified atom stereocenters. The van der Waals surface area contributed by atoms with E-state index in [9.17, 15) is 4.79 Å².